The van der Waals surface area contributed by atoms with Crippen LogP contribution in [-0.4, -0.2) is 43.5 Å². The molecule has 2 aromatic carbocycles. The van der Waals surface area contributed by atoms with Crippen molar-refractivity contribution in [2.24, 2.45) is 11.7 Å². The molecule has 0 aliphatic carbocycles. The van der Waals surface area contributed by atoms with Crippen LogP contribution >= 0.6 is 22.6 Å². The Balaban J connectivity index is 1.73. The molecule has 0 aromatic heterocycles. The smallest absolute Gasteiger partial charge is 0.256 e. The van der Waals surface area contributed by atoms with Crippen molar-refractivity contribution in [3.8, 4) is 0 Å². The molecule has 1 saturated heterocycles. The molecule has 3 rings (SSSR count). The van der Waals surface area contributed by atoms with Crippen molar-refractivity contribution in [2.75, 3.05) is 38.0 Å². The maximum absolute atomic E-state index is 14.5. The number of rotatable bonds is 8. The molecule has 0 saturated carbocycles. The summed E-state index contributed by atoms with van der Waals surface area (Å²) in [7, 11) is 0. The second kappa shape index (κ2) is 9.77. The zero-order valence-electron chi connectivity index (χ0n) is 15.7. The summed E-state index contributed by atoms with van der Waals surface area (Å²) in [4.78, 5) is 14.4. The van der Waals surface area contributed by atoms with E-state index in [4.69, 9.17) is 5.73 Å². The van der Waals surface area contributed by atoms with E-state index in [0.29, 0.717) is 29.1 Å². The molecule has 156 valence electrons. The highest BCUT2D eigenvalue weighted by atomic mass is 127. The minimum atomic E-state index is -1.21. The third-order valence-corrected chi connectivity index (χ3v) is 5.42. The van der Waals surface area contributed by atoms with Gasteiger partial charge in [-0.3, -0.25) is 4.79 Å². The van der Waals surface area contributed by atoms with E-state index in [1.165, 1.54) is 18.2 Å². The molecule has 0 spiro atoms. The number of nitrogens with two attached hydrogens (primary N) is 1. The molecule has 1 fully saturated rings. The lowest BCUT2D eigenvalue weighted by molar-refractivity contribution is 0.0502. The molecule has 0 bridgehead atoms. The Kier molecular flexibility index (Phi) is 7.36. The number of carbonyl (C=O) groups excluding carboxylic acids is 1. The fraction of sp³-hybridized carbons (Fsp3) is 0.350. The molecule has 1 amide bonds. The molecule has 1 aliphatic heterocycles. The Morgan fingerprint density at radius 1 is 1.17 bits per heavy atom. The number of hydrogen-bond acceptors (Lipinski definition) is 4. The zero-order chi connectivity index (χ0) is 21.0. The highest BCUT2D eigenvalue weighted by Gasteiger charge is 2.33. The summed E-state index contributed by atoms with van der Waals surface area (Å²) in [6.45, 7) is 3.24. The largest absolute Gasteiger partial charge is 0.350 e. The van der Waals surface area contributed by atoms with Crippen LogP contribution in [0.3, 0.4) is 0 Å². The van der Waals surface area contributed by atoms with E-state index < -0.39 is 23.4 Å². The quantitative estimate of drug-likeness (QED) is 0.370. The molecular weight excluding hydrogens is 496 g/mol. The summed E-state index contributed by atoms with van der Waals surface area (Å²) in [5.41, 5.74) is 5.02. The first kappa shape index (κ1) is 21.8. The molecule has 4 N–H and O–H groups in total. The highest BCUT2D eigenvalue weighted by Crippen LogP contribution is 2.30. The van der Waals surface area contributed by atoms with Crippen LogP contribution in [-0.2, 0) is 0 Å². The van der Waals surface area contributed by atoms with Gasteiger partial charge in [-0.15, -0.1) is 0 Å². The van der Waals surface area contributed by atoms with Gasteiger partial charge >= 0.3 is 0 Å². The first-order chi connectivity index (χ1) is 13.9. The Labute approximate surface area is 181 Å². The number of benzene rings is 2. The van der Waals surface area contributed by atoms with Crippen LogP contribution in [0.15, 0.2) is 30.3 Å². The number of nitrogens with one attached hydrogen (secondary N) is 2. The number of hydrogen-bond donors (Lipinski definition) is 3. The van der Waals surface area contributed by atoms with Crippen LogP contribution < -0.4 is 16.4 Å². The normalized spacial score (nSPS) is 14.0. The molecule has 2 aromatic rings. The second-order valence-corrected chi connectivity index (χ2v) is 8.20. The first-order valence-corrected chi connectivity index (χ1v) is 10.4. The van der Waals surface area contributed by atoms with Gasteiger partial charge in [-0.1, -0.05) is 0 Å². The molecule has 5 nitrogen and oxygen atoms in total. The fourth-order valence-electron chi connectivity index (χ4n) is 3.14. The van der Waals surface area contributed by atoms with E-state index in [9.17, 15) is 18.0 Å². The van der Waals surface area contributed by atoms with E-state index in [1.54, 1.807) is 11.0 Å². The van der Waals surface area contributed by atoms with Crippen molar-refractivity contribution < 1.29 is 18.0 Å². The van der Waals surface area contributed by atoms with Gasteiger partial charge in [-0.05, 0) is 72.4 Å². The predicted octanol–water partition coefficient (Wildman–Crippen LogP) is 3.46. The van der Waals surface area contributed by atoms with Gasteiger partial charge in [0.15, 0.2) is 11.6 Å². The van der Waals surface area contributed by atoms with Crippen LogP contribution in [0, 0.1) is 26.9 Å². The standard InChI is InChI=1S/C20H22F3IN4O/c21-15-4-3-14(20(29)28-10-12(11-28)9-26-7-1-6-25)19(18(15)23)27-17-5-2-13(24)8-16(17)22/h2-5,8,12,26-27H,1,6-7,9-11,25H2. The zero-order valence-corrected chi connectivity index (χ0v) is 17.8. The SMILES string of the molecule is NCCCNCC1CN(C(=O)c2ccc(F)c(F)c2Nc2ccc(I)cc2F)C1. The Morgan fingerprint density at radius 3 is 2.62 bits per heavy atom. The number of anilines is 2. The van der Waals surface area contributed by atoms with Gasteiger partial charge in [-0.2, -0.15) is 0 Å². The minimum Gasteiger partial charge on any atom is -0.350 e. The summed E-state index contributed by atoms with van der Waals surface area (Å²) in [6, 6.07) is 6.44. The lowest BCUT2D eigenvalue weighted by Crippen LogP contribution is -2.53. The molecule has 1 heterocycles. The van der Waals surface area contributed by atoms with Crippen molar-refractivity contribution in [1.29, 1.82) is 0 Å². The van der Waals surface area contributed by atoms with E-state index in [0.717, 1.165) is 25.6 Å². The van der Waals surface area contributed by atoms with Crippen molar-refractivity contribution in [1.82, 2.24) is 10.2 Å². The lowest BCUT2D eigenvalue weighted by atomic mass is 9.98. The van der Waals surface area contributed by atoms with Gasteiger partial charge in [0.2, 0.25) is 0 Å². The Bertz CT molecular complexity index is 890. The van der Waals surface area contributed by atoms with Crippen LogP contribution in [0.2, 0.25) is 0 Å². The van der Waals surface area contributed by atoms with Gasteiger partial charge in [0.25, 0.3) is 5.91 Å². The Morgan fingerprint density at radius 2 is 1.93 bits per heavy atom. The van der Waals surface area contributed by atoms with Gasteiger partial charge in [0.05, 0.1) is 16.9 Å². The molecule has 29 heavy (non-hydrogen) atoms. The average molecular weight is 518 g/mol. The van der Waals surface area contributed by atoms with Crippen molar-refractivity contribution in [3.05, 3.63) is 56.9 Å². The van der Waals surface area contributed by atoms with Gasteiger partial charge in [0.1, 0.15) is 5.82 Å². The monoisotopic (exact) mass is 518 g/mol. The molecule has 9 heteroatoms. The topological polar surface area (TPSA) is 70.4 Å². The van der Waals surface area contributed by atoms with Crippen molar-refractivity contribution in [3.63, 3.8) is 0 Å². The maximum Gasteiger partial charge on any atom is 0.256 e. The summed E-state index contributed by atoms with van der Waals surface area (Å²) in [5.74, 6) is -3.07. The van der Waals surface area contributed by atoms with Crippen molar-refractivity contribution in [2.45, 2.75) is 6.42 Å². The molecule has 0 unspecified atom stereocenters. The fourth-order valence-corrected chi connectivity index (χ4v) is 3.60. The number of amides is 1. The highest BCUT2D eigenvalue weighted by molar-refractivity contribution is 14.1. The van der Waals surface area contributed by atoms with Crippen molar-refractivity contribution >= 4 is 39.9 Å². The van der Waals surface area contributed by atoms with Crippen LogP contribution in [0.5, 0.6) is 0 Å². The molecule has 0 atom stereocenters. The second-order valence-electron chi connectivity index (χ2n) is 6.96. The van der Waals surface area contributed by atoms with Gasteiger partial charge in [0, 0.05) is 29.1 Å². The lowest BCUT2D eigenvalue weighted by Gasteiger charge is -2.39. The summed E-state index contributed by atoms with van der Waals surface area (Å²) >= 11 is 1.95. The first-order valence-electron chi connectivity index (χ1n) is 9.30. The third kappa shape index (κ3) is 5.20. The van der Waals surface area contributed by atoms with Crippen LogP contribution in [0.25, 0.3) is 0 Å². The molecular formula is C20H22F3IN4O. The van der Waals surface area contributed by atoms with Crippen LogP contribution in [0.1, 0.15) is 16.8 Å². The number of nitrogens with zero attached hydrogens (tertiary/aromatic N) is 1. The summed E-state index contributed by atoms with van der Waals surface area (Å²) in [6.07, 6.45) is 0.883. The number of halogens is 4. The number of carbonyl (C=O) groups is 1. The molecule has 1 aliphatic rings. The van der Waals surface area contributed by atoms with E-state index in [1.807, 2.05) is 22.6 Å². The third-order valence-electron chi connectivity index (χ3n) is 4.75. The van der Waals surface area contributed by atoms with E-state index >= 15 is 0 Å². The number of likely N-dealkylation sites (tertiary alicyclic amines) is 1. The van der Waals surface area contributed by atoms with Gasteiger partial charge in [-0.25, -0.2) is 13.2 Å². The van der Waals surface area contributed by atoms with Gasteiger partial charge < -0.3 is 21.3 Å². The minimum absolute atomic E-state index is 0.0311. The molecule has 0 radical (unpaired) electrons. The average Bonchev–Trinajstić information content (AvgIpc) is 2.65. The van der Waals surface area contributed by atoms with E-state index in [2.05, 4.69) is 10.6 Å². The summed E-state index contributed by atoms with van der Waals surface area (Å²) < 4.78 is 43.1. The Hall–Kier alpha value is -1.85. The summed E-state index contributed by atoms with van der Waals surface area (Å²) in [5, 5.41) is 5.83. The maximum atomic E-state index is 14.5. The van der Waals surface area contributed by atoms with E-state index in [-0.39, 0.29) is 16.9 Å². The predicted molar refractivity (Wildman–Crippen MR) is 115 cm³/mol. The van der Waals surface area contributed by atoms with Crippen LogP contribution in [0.4, 0.5) is 24.5 Å².